The summed E-state index contributed by atoms with van der Waals surface area (Å²) in [5.74, 6) is 1.52. The molecule has 3 nitrogen and oxygen atoms in total. The number of hydrogen-bond donors (Lipinski definition) is 1. The Kier molecular flexibility index (Phi) is 5.64. The van der Waals surface area contributed by atoms with Gasteiger partial charge in [-0.2, -0.15) is 0 Å². The van der Waals surface area contributed by atoms with Gasteiger partial charge in [0.2, 0.25) is 5.88 Å². The van der Waals surface area contributed by atoms with E-state index in [2.05, 4.69) is 29.4 Å². The third-order valence-electron chi connectivity index (χ3n) is 3.76. The largest absolute Gasteiger partial charge is 0.477 e. The molecule has 0 bridgehead atoms. The number of nitrogens with one attached hydrogen (secondary N) is 1. The second kappa shape index (κ2) is 7.49. The van der Waals surface area contributed by atoms with Crippen LogP contribution in [0, 0.1) is 12.8 Å². The van der Waals surface area contributed by atoms with Crippen molar-refractivity contribution in [2.45, 2.75) is 52.5 Å². The molecule has 1 N–H and O–H groups in total. The van der Waals surface area contributed by atoms with Gasteiger partial charge < -0.3 is 10.1 Å². The van der Waals surface area contributed by atoms with Gasteiger partial charge in [0, 0.05) is 18.3 Å². The molecule has 0 aliphatic heterocycles. The van der Waals surface area contributed by atoms with Gasteiger partial charge >= 0.3 is 0 Å². The molecule has 0 atom stereocenters. The maximum absolute atomic E-state index is 5.91. The monoisotopic (exact) mass is 262 g/mol. The van der Waals surface area contributed by atoms with E-state index in [1.54, 1.807) is 0 Å². The molecule has 19 heavy (non-hydrogen) atoms. The minimum Gasteiger partial charge on any atom is -0.477 e. The molecule has 1 aliphatic carbocycles. The van der Waals surface area contributed by atoms with Crippen molar-refractivity contribution in [1.82, 2.24) is 10.3 Å². The van der Waals surface area contributed by atoms with Gasteiger partial charge in [-0.15, -0.1) is 0 Å². The highest BCUT2D eigenvalue weighted by atomic mass is 16.5. The first-order valence-corrected chi connectivity index (χ1v) is 7.59. The van der Waals surface area contributed by atoms with Gasteiger partial charge in [-0.3, -0.25) is 0 Å². The highest BCUT2D eigenvalue weighted by Crippen LogP contribution is 2.24. The summed E-state index contributed by atoms with van der Waals surface area (Å²) < 4.78 is 5.91. The summed E-state index contributed by atoms with van der Waals surface area (Å²) in [7, 11) is 0. The average molecular weight is 262 g/mol. The fraction of sp³-hybridized carbons (Fsp3) is 0.688. The molecule has 1 aromatic heterocycles. The predicted molar refractivity (Wildman–Crippen MR) is 78.4 cm³/mol. The molecule has 0 saturated heterocycles. The van der Waals surface area contributed by atoms with Crippen molar-refractivity contribution in [3.05, 3.63) is 23.4 Å². The summed E-state index contributed by atoms with van der Waals surface area (Å²) in [6.07, 6.45) is 6.75. The van der Waals surface area contributed by atoms with E-state index in [0.29, 0.717) is 0 Å². The Morgan fingerprint density at radius 3 is 2.79 bits per heavy atom. The fourth-order valence-corrected chi connectivity index (χ4v) is 2.71. The van der Waals surface area contributed by atoms with Crippen molar-refractivity contribution >= 4 is 0 Å². The Morgan fingerprint density at radius 2 is 2.05 bits per heavy atom. The lowest BCUT2D eigenvalue weighted by molar-refractivity contribution is 0.202. The van der Waals surface area contributed by atoms with E-state index in [1.165, 1.54) is 37.7 Å². The van der Waals surface area contributed by atoms with Crippen LogP contribution >= 0.6 is 0 Å². The first-order chi connectivity index (χ1) is 9.28. The number of pyridine rings is 1. The normalized spacial score (nSPS) is 16.5. The molecule has 1 heterocycles. The van der Waals surface area contributed by atoms with Crippen molar-refractivity contribution < 1.29 is 4.74 Å². The summed E-state index contributed by atoms with van der Waals surface area (Å²) in [5.41, 5.74) is 2.29. The Morgan fingerprint density at radius 1 is 1.26 bits per heavy atom. The zero-order valence-corrected chi connectivity index (χ0v) is 12.2. The van der Waals surface area contributed by atoms with Gasteiger partial charge in [0.25, 0.3) is 0 Å². The zero-order chi connectivity index (χ0) is 13.5. The highest BCUT2D eigenvalue weighted by molar-refractivity contribution is 5.24. The van der Waals surface area contributed by atoms with Crippen molar-refractivity contribution in [2.24, 2.45) is 5.92 Å². The first-order valence-electron chi connectivity index (χ1n) is 7.59. The Bertz CT molecular complexity index is 386. The fourth-order valence-electron chi connectivity index (χ4n) is 2.71. The van der Waals surface area contributed by atoms with E-state index in [0.717, 1.165) is 37.2 Å². The number of aryl methyl sites for hydroxylation is 1. The predicted octanol–water partition coefficient (Wildman–Crippen LogP) is 3.46. The van der Waals surface area contributed by atoms with E-state index in [-0.39, 0.29) is 0 Å². The van der Waals surface area contributed by atoms with E-state index >= 15 is 0 Å². The second-order valence-electron chi connectivity index (χ2n) is 5.55. The molecule has 1 fully saturated rings. The van der Waals surface area contributed by atoms with Gasteiger partial charge in [0.1, 0.15) is 0 Å². The number of nitrogens with zero attached hydrogens (tertiary/aromatic N) is 1. The minimum atomic E-state index is 0.730. The summed E-state index contributed by atoms with van der Waals surface area (Å²) in [6, 6.07) is 4.19. The van der Waals surface area contributed by atoms with E-state index in [9.17, 15) is 0 Å². The molecule has 1 saturated carbocycles. The number of aromatic nitrogens is 1. The van der Waals surface area contributed by atoms with Gasteiger partial charge in [-0.25, -0.2) is 4.98 Å². The molecule has 0 spiro atoms. The van der Waals surface area contributed by atoms with Crippen LogP contribution in [-0.2, 0) is 6.54 Å². The van der Waals surface area contributed by atoms with Crippen molar-refractivity contribution in [1.29, 1.82) is 0 Å². The first kappa shape index (κ1) is 14.3. The van der Waals surface area contributed by atoms with Crippen LogP contribution in [0.15, 0.2) is 12.1 Å². The van der Waals surface area contributed by atoms with Gasteiger partial charge in [0.05, 0.1) is 6.61 Å². The second-order valence-corrected chi connectivity index (χ2v) is 5.55. The van der Waals surface area contributed by atoms with Crippen molar-refractivity contribution in [3.63, 3.8) is 0 Å². The molecule has 0 amide bonds. The maximum atomic E-state index is 5.91. The quantitative estimate of drug-likeness (QED) is 0.852. The molecule has 1 aromatic rings. The van der Waals surface area contributed by atoms with Crippen LogP contribution in [0.2, 0.25) is 0 Å². The van der Waals surface area contributed by atoms with Crippen molar-refractivity contribution in [2.75, 3.05) is 13.2 Å². The molecule has 3 heteroatoms. The van der Waals surface area contributed by atoms with Crippen LogP contribution in [0.5, 0.6) is 5.88 Å². The number of rotatable bonds is 6. The maximum Gasteiger partial charge on any atom is 0.213 e. The van der Waals surface area contributed by atoms with E-state index in [1.807, 2.05) is 6.92 Å². The van der Waals surface area contributed by atoms with Crippen LogP contribution in [0.3, 0.4) is 0 Å². The smallest absolute Gasteiger partial charge is 0.213 e. The number of hydrogen-bond acceptors (Lipinski definition) is 3. The molecule has 106 valence electrons. The van der Waals surface area contributed by atoms with Crippen molar-refractivity contribution in [3.8, 4) is 5.88 Å². The molecule has 1 aliphatic rings. The summed E-state index contributed by atoms with van der Waals surface area (Å²) in [5, 5.41) is 3.34. The summed E-state index contributed by atoms with van der Waals surface area (Å²) in [6.45, 7) is 6.85. The molecular formula is C16H26N2O. The Hall–Kier alpha value is -1.09. The lowest BCUT2D eigenvalue weighted by Gasteiger charge is -2.21. The Labute approximate surface area is 116 Å². The van der Waals surface area contributed by atoms with Crippen LogP contribution in [-0.4, -0.2) is 18.1 Å². The van der Waals surface area contributed by atoms with Crippen LogP contribution < -0.4 is 10.1 Å². The lowest BCUT2D eigenvalue weighted by atomic mass is 9.90. The number of ether oxygens (including phenoxy) is 1. The molecular weight excluding hydrogens is 236 g/mol. The van der Waals surface area contributed by atoms with Crippen LogP contribution in [0.1, 0.15) is 50.3 Å². The van der Waals surface area contributed by atoms with E-state index < -0.39 is 0 Å². The average Bonchev–Trinajstić information content (AvgIpc) is 2.43. The summed E-state index contributed by atoms with van der Waals surface area (Å²) >= 11 is 0. The SMILES string of the molecule is CCNCc1cc(C)nc(OCC2CCCCC2)c1. The van der Waals surface area contributed by atoms with Crippen LogP contribution in [0.4, 0.5) is 0 Å². The lowest BCUT2D eigenvalue weighted by Crippen LogP contribution is -2.16. The standard InChI is InChI=1S/C16H26N2O/c1-3-17-11-15-9-13(2)18-16(10-15)19-12-14-7-5-4-6-8-14/h9-10,14,17H,3-8,11-12H2,1-2H3. The molecule has 0 aromatic carbocycles. The third-order valence-corrected chi connectivity index (χ3v) is 3.76. The third kappa shape index (κ3) is 4.83. The van der Waals surface area contributed by atoms with Crippen LogP contribution in [0.25, 0.3) is 0 Å². The summed E-state index contributed by atoms with van der Waals surface area (Å²) in [4.78, 5) is 4.48. The van der Waals surface area contributed by atoms with Gasteiger partial charge in [-0.1, -0.05) is 26.2 Å². The highest BCUT2D eigenvalue weighted by Gasteiger charge is 2.14. The molecule has 0 unspecified atom stereocenters. The zero-order valence-electron chi connectivity index (χ0n) is 12.2. The molecule has 0 radical (unpaired) electrons. The topological polar surface area (TPSA) is 34.2 Å². The van der Waals surface area contributed by atoms with E-state index in [4.69, 9.17) is 4.74 Å². The Balaban J connectivity index is 1.89. The van der Waals surface area contributed by atoms with Gasteiger partial charge in [-0.05, 0) is 43.9 Å². The van der Waals surface area contributed by atoms with Gasteiger partial charge in [0.15, 0.2) is 0 Å². The molecule has 2 rings (SSSR count). The minimum absolute atomic E-state index is 0.730.